The average molecular weight is 305 g/mol. The van der Waals surface area contributed by atoms with Crippen LogP contribution in [0.5, 0.6) is 6.01 Å². The highest BCUT2D eigenvalue weighted by Crippen LogP contribution is 2.17. The summed E-state index contributed by atoms with van der Waals surface area (Å²) in [5.74, 6) is -0.0845. The molecular weight excluding hydrogens is 292 g/mol. The van der Waals surface area contributed by atoms with Gasteiger partial charge in [-0.2, -0.15) is 0 Å². The van der Waals surface area contributed by atoms with Gasteiger partial charge in [-0.25, -0.2) is 9.97 Å². The maximum atomic E-state index is 12.2. The van der Waals surface area contributed by atoms with Gasteiger partial charge in [0.1, 0.15) is 11.8 Å². The number of carbonyl (C=O) groups is 1. The number of hydrogen-bond donors (Lipinski definition) is 0. The number of halogens is 1. The molecule has 0 saturated carbocycles. The van der Waals surface area contributed by atoms with Crippen LogP contribution in [-0.4, -0.2) is 45.0 Å². The number of likely N-dealkylation sites (tertiary alicyclic amines) is 1. The van der Waals surface area contributed by atoms with Crippen molar-refractivity contribution in [3.05, 3.63) is 47.5 Å². The van der Waals surface area contributed by atoms with Crippen molar-refractivity contribution in [1.29, 1.82) is 0 Å². The van der Waals surface area contributed by atoms with Gasteiger partial charge in [0.15, 0.2) is 0 Å². The molecule has 108 valence electrons. The maximum absolute atomic E-state index is 12.2. The lowest BCUT2D eigenvalue weighted by molar-refractivity contribution is 0.0764. The first-order valence-electron chi connectivity index (χ1n) is 6.57. The molecule has 3 rings (SSSR count). The van der Waals surface area contributed by atoms with Crippen LogP contribution >= 0.6 is 11.6 Å². The summed E-state index contributed by atoms with van der Waals surface area (Å²) in [5, 5.41) is 0.459. The Morgan fingerprint density at radius 1 is 1.29 bits per heavy atom. The van der Waals surface area contributed by atoms with Crippen molar-refractivity contribution in [2.24, 2.45) is 0 Å². The van der Waals surface area contributed by atoms with Crippen LogP contribution in [-0.2, 0) is 0 Å². The summed E-state index contributed by atoms with van der Waals surface area (Å²) in [7, 11) is 0. The predicted octanol–water partition coefficient (Wildman–Crippen LogP) is 1.82. The Hall–Kier alpha value is -2.21. The first-order chi connectivity index (χ1) is 10.2. The van der Waals surface area contributed by atoms with E-state index in [9.17, 15) is 4.79 Å². The van der Waals surface area contributed by atoms with E-state index in [2.05, 4.69) is 15.0 Å². The first-order valence-corrected chi connectivity index (χ1v) is 6.94. The van der Waals surface area contributed by atoms with Crippen LogP contribution in [0, 0.1) is 0 Å². The normalized spacial score (nSPS) is 17.8. The summed E-state index contributed by atoms with van der Waals surface area (Å²) < 4.78 is 5.65. The van der Waals surface area contributed by atoms with Gasteiger partial charge in [0.2, 0.25) is 0 Å². The van der Waals surface area contributed by atoms with E-state index in [0.29, 0.717) is 23.8 Å². The van der Waals surface area contributed by atoms with Crippen LogP contribution in [0.25, 0.3) is 0 Å². The molecule has 0 aromatic carbocycles. The topological polar surface area (TPSA) is 68.2 Å². The Bertz CT molecular complexity index is 621. The summed E-state index contributed by atoms with van der Waals surface area (Å²) in [6.07, 6.45) is 5.20. The van der Waals surface area contributed by atoms with Gasteiger partial charge in [0.25, 0.3) is 5.91 Å². The largest absolute Gasteiger partial charge is 0.458 e. The zero-order valence-electron chi connectivity index (χ0n) is 11.1. The fourth-order valence-corrected chi connectivity index (χ4v) is 2.27. The Morgan fingerprint density at radius 2 is 2.10 bits per heavy atom. The number of pyridine rings is 1. The van der Waals surface area contributed by atoms with E-state index in [0.717, 1.165) is 6.42 Å². The third kappa shape index (κ3) is 3.28. The minimum atomic E-state index is -0.112. The van der Waals surface area contributed by atoms with E-state index >= 15 is 0 Å². The van der Waals surface area contributed by atoms with Gasteiger partial charge in [-0.15, -0.1) is 0 Å². The summed E-state index contributed by atoms with van der Waals surface area (Å²) in [6.45, 7) is 1.13. The number of amides is 1. The third-order valence-electron chi connectivity index (χ3n) is 3.18. The molecular formula is C14H13ClN4O2. The zero-order chi connectivity index (χ0) is 14.7. The molecule has 1 aliphatic rings. The Labute approximate surface area is 126 Å². The summed E-state index contributed by atoms with van der Waals surface area (Å²) >= 11 is 5.72. The molecule has 0 aliphatic carbocycles. The van der Waals surface area contributed by atoms with Crippen LogP contribution in [0.15, 0.2) is 36.8 Å². The van der Waals surface area contributed by atoms with E-state index in [4.69, 9.17) is 16.3 Å². The molecule has 1 atom stereocenters. The Balaban J connectivity index is 1.60. The van der Waals surface area contributed by atoms with E-state index < -0.39 is 0 Å². The molecule has 7 heteroatoms. The van der Waals surface area contributed by atoms with Gasteiger partial charge in [-0.3, -0.25) is 9.78 Å². The van der Waals surface area contributed by atoms with Gasteiger partial charge in [0.05, 0.1) is 24.0 Å². The van der Waals surface area contributed by atoms with Gasteiger partial charge < -0.3 is 9.64 Å². The monoisotopic (exact) mass is 304 g/mol. The number of nitrogens with zero attached hydrogens (tertiary/aromatic N) is 4. The van der Waals surface area contributed by atoms with Crippen LogP contribution in [0.1, 0.15) is 16.9 Å². The SMILES string of the molecule is O=C(c1ccccn1)N1CC[C@@H](Oc2ncc(Cl)cn2)C1. The summed E-state index contributed by atoms with van der Waals surface area (Å²) in [6, 6.07) is 5.56. The molecule has 0 bridgehead atoms. The lowest BCUT2D eigenvalue weighted by Gasteiger charge is -2.16. The number of carbonyl (C=O) groups excluding carboxylic acids is 1. The van der Waals surface area contributed by atoms with Crippen LogP contribution < -0.4 is 4.74 Å². The zero-order valence-corrected chi connectivity index (χ0v) is 11.9. The van der Waals surface area contributed by atoms with Crippen molar-refractivity contribution in [3.8, 4) is 6.01 Å². The highest BCUT2D eigenvalue weighted by molar-refractivity contribution is 6.30. The number of ether oxygens (including phenoxy) is 1. The molecule has 6 nitrogen and oxygen atoms in total. The van der Waals surface area contributed by atoms with E-state index in [1.165, 1.54) is 12.4 Å². The molecule has 0 unspecified atom stereocenters. The fourth-order valence-electron chi connectivity index (χ4n) is 2.17. The number of rotatable bonds is 3. The van der Waals surface area contributed by atoms with Crippen molar-refractivity contribution >= 4 is 17.5 Å². The van der Waals surface area contributed by atoms with Crippen molar-refractivity contribution in [2.45, 2.75) is 12.5 Å². The summed E-state index contributed by atoms with van der Waals surface area (Å²) in [4.78, 5) is 26.0. The molecule has 0 spiro atoms. The minimum Gasteiger partial charge on any atom is -0.458 e. The standard InChI is InChI=1S/C14H13ClN4O2/c15-10-7-17-14(18-8-10)21-11-4-6-19(9-11)13(20)12-3-1-2-5-16-12/h1-3,5,7-8,11H,4,6,9H2/t11-/m1/s1. The smallest absolute Gasteiger partial charge is 0.316 e. The van der Waals surface area contributed by atoms with Crippen LogP contribution in [0.3, 0.4) is 0 Å². The molecule has 0 radical (unpaired) electrons. The van der Waals surface area contributed by atoms with Gasteiger partial charge in [-0.05, 0) is 12.1 Å². The second kappa shape index (κ2) is 6.05. The van der Waals surface area contributed by atoms with E-state index in [-0.39, 0.29) is 18.0 Å². The molecule has 1 fully saturated rings. The van der Waals surface area contributed by atoms with Gasteiger partial charge in [0, 0.05) is 19.2 Å². The average Bonchev–Trinajstić information content (AvgIpc) is 2.98. The fraction of sp³-hybridized carbons (Fsp3) is 0.286. The molecule has 1 saturated heterocycles. The maximum Gasteiger partial charge on any atom is 0.316 e. The van der Waals surface area contributed by atoms with E-state index in [1.54, 1.807) is 29.3 Å². The lowest BCUT2D eigenvalue weighted by atomic mass is 10.3. The number of aromatic nitrogens is 3. The predicted molar refractivity (Wildman–Crippen MR) is 76.2 cm³/mol. The van der Waals surface area contributed by atoms with Gasteiger partial charge >= 0.3 is 6.01 Å². The Kier molecular flexibility index (Phi) is 3.96. The number of hydrogen-bond acceptors (Lipinski definition) is 5. The quantitative estimate of drug-likeness (QED) is 0.865. The molecule has 21 heavy (non-hydrogen) atoms. The molecule has 1 aliphatic heterocycles. The van der Waals surface area contributed by atoms with Crippen molar-refractivity contribution in [2.75, 3.05) is 13.1 Å². The highest BCUT2D eigenvalue weighted by Gasteiger charge is 2.29. The highest BCUT2D eigenvalue weighted by atomic mass is 35.5. The lowest BCUT2D eigenvalue weighted by Crippen LogP contribution is -2.31. The van der Waals surface area contributed by atoms with Crippen molar-refractivity contribution in [1.82, 2.24) is 19.9 Å². The molecule has 2 aromatic rings. The second-order valence-electron chi connectivity index (χ2n) is 4.68. The Morgan fingerprint density at radius 3 is 2.81 bits per heavy atom. The summed E-state index contributed by atoms with van der Waals surface area (Å²) in [5.41, 5.74) is 0.445. The van der Waals surface area contributed by atoms with Crippen molar-refractivity contribution in [3.63, 3.8) is 0 Å². The van der Waals surface area contributed by atoms with Crippen molar-refractivity contribution < 1.29 is 9.53 Å². The van der Waals surface area contributed by atoms with E-state index in [1.807, 2.05) is 0 Å². The second-order valence-corrected chi connectivity index (χ2v) is 5.11. The molecule has 1 amide bonds. The van der Waals surface area contributed by atoms with Crippen LogP contribution in [0.2, 0.25) is 5.02 Å². The molecule has 2 aromatic heterocycles. The van der Waals surface area contributed by atoms with Gasteiger partial charge in [-0.1, -0.05) is 17.7 Å². The third-order valence-corrected chi connectivity index (χ3v) is 3.38. The molecule has 3 heterocycles. The van der Waals surface area contributed by atoms with Crippen LogP contribution in [0.4, 0.5) is 0 Å². The minimum absolute atomic E-state index is 0.0845. The molecule has 0 N–H and O–H groups in total. The first kappa shape index (κ1) is 13.8.